The number of thiazole rings is 1. The van der Waals surface area contributed by atoms with E-state index in [2.05, 4.69) is 52.6 Å². The summed E-state index contributed by atoms with van der Waals surface area (Å²) in [6.07, 6.45) is 2.96. The number of benzene rings is 1. The SMILES string of the molecule is CCc1cnc(CNC(=NC)NCC(c2ccc(OC)c(OC)c2)N(C)C)s1. The third kappa shape index (κ3) is 5.84. The van der Waals surface area contributed by atoms with Gasteiger partial charge in [-0.2, -0.15) is 0 Å². The maximum absolute atomic E-state index is 5.45. The molecule has 0 aliphatic rings. The number of nitrogens with one attached hydrogen (secondary N) is 2. The number of aromatic nitrogens is 1. The lowest BCUT2D eigenvalue weighted by atomic mass is 10.1. The first-order valence-corrected chi connectivity index (χ1v) is 10.1. The highest BCUT2D eigenvalue weighted by molar-refractivity contribution is 7.11. The number of likely N-dealkylation sites (N-methyl/N-ethyl adjacent to an activating group) is 1. The molecule has 1 atom stereocenters. The van der Waals surface area contributed by atoms with Gasteiger partial charge in [-0.3, -0.25) is 4.99 Å². The molecule has 2 rings (SSSR count). The Kier molecular flexibility index (Phi) is 8.53. The van der Waals surface area contributed by atoms with Gasteiger partial charge in [0, 0.05) is 24.7 Å². The highest BCUT2D eigenvalue weighted by atomic mass is 32.1. The molecule has 2 aromatic rings. The highest BCUT2D eigenvalue weighted by Gasteiger charge is 2.17. The van der Waals surface area contributed by atoms with E-state index in [0.29, 0.717) is 13.1 Å². The molecule has 0 saturated carbocycles. The molecule has 0 bridgehead atoms. The number of aliphatic imine (C=N–C) groups is 1. The first kappa shape index (κ1) is 22.0. The van der Waals surface area contributed by atoms with Crippen LogP contribution in [0.5, 0.6) is 11.5 Å². The van der Waals surface area contributed by atoms with Crippen molar-refractivity contribution in [3.8, 4) is 11.5 Å². The second kappa shape index (κ2) is 10.9. The van der Waals surface area contributed by atoms with Crippen molar-refractivity contribution in [3.63, 3.8) is 0 Å². The second-order valence-electron chi connectivity index (χ2n) is 6.47. The molecule has 154 valence electrons. The van der Waals surface area contributed by atoms with Crippen molar-refractivity contribution in [2.45, 2.75) is 25.9 Å². The van der Waals surface area contributed by atoms with Crippen LogP contribution >= 0.6 is 11.3 Å². The molecule has 1 heterocycles. The predicted octanol–water partition coefficient (Wildman–Crippen LogP) is 2.69. The van der Waals surface area contributed by atoms with Crippen LogP contribution in [0.2, 0.25) is 0 Å². The van der Waals surface area contributed by atoms with Crippen molar-refractivity contribution < 1.29 is 9.47 Å². The van der Waals surface area contributed by atoms with Gasteiger partial charge < -0.3 is 25.0 Å². The second-order valence-corrected chi connectivity index (χ2v) is 7.67. The molecular weight excluding hydrogens is 374 g/mol. The molecule has 0 aliphatic carbocycles. The minimum Gasteiger partial charge on any atom is -0.493 e. The third-order valence-corrected chi connectivity index (χ3v) is 5.60. The van der Waals surface area contributed by atoms with Crippen LogP contribution in [-0.4, -0.2) is 57.8 Å². The molecule has 1 unspecified atom stereocenters. The summed E-state index contributed by atoms with van der Waals surface area (Å²) < 4.78 is 10.8. The van der Waals surface area contributed by atoms with E-state index in [4.69, 9.17) is 9.47 Å². The average Bonchev–Trinajstić information content (AvgIpc) is 3.18. The largest absolute Gasteiger partial charge is 0.493 e. The van der Waals surface area contributed by atoms with Crippen molar-refractivity contribution in [2.75, 3.05) is 41.9 Å². The van der Waals surface area contributed by atoms with Crippen molar-refractivity contribution in [3.05, 3.63) is 39.8 Å². The molecule has 0 spiro atoms. The van der Waals surface area contributed by atoms with E-state index in [1.165, 1.54) is 4.88 Å². The molecule has 8 heteroatoms. The van der Waals surface area contributed by atoms with Gasteiger partial charge in [-0.1, -0.05) is 13.0 Å². The summed E-state index contributed by atoms with van der Waals surface area (Å²) in [7, 11) is 9.18. The molecule has 1 aromatic carbocycles. The number of methoxy groups -OCH3 is 2. The topological polar surface area (TPSA) is 71.0 Å². The molecule has 0 aliphatic heterocycles. The molecule has 0 radical (unpaired) electrons. The smallest absolute Gasteiger partial charge is 0.191 e. The molecular formula is C20H31N5O2S. The number of ether oxygens (including phenoxy) is 2. The average molecular weight is 406 g/mol. The number of hydrogen-bond donors (Lipinski definition) is 2. The zero-order chi connectivity index (χ0) is 20.5. The Bertz CT molecular complexity index is 776. The van der Waals surface area contributed by atoms with Crippen molar-refractivity contribution in [1.82, 2.24) is 20.5 Å². The van der Waals surface area contributed by atoms with Gasteiger partial charge in [-0.15, -0.1) is 11.3 Å². The Morgan fingerprint density at radius 1 is 1.21 bits per heavy atom. The van der Waals surface area contributed by atoms with Gasteiger partial charge in [0.1, 0.15) is 5.01 Å². The fraction of sp³-hybridized carbons (Fsp3) is 0.500. The first-order valence-electron chi connectivity index (χ1n) is 9.28. The zero-order valence-corrected chi connectivity index (χ0v) is 18.4. The van der Waals surface area contributed by atoms with Gasteiger partial charge >= 0.3 is 0 Å². The molecule has 0 saturated heterocycles. The van der Waals surface area contributed by atoms with Crippen molar-refractivity contribution >= 4 is 17.3 Å². The maximum atomic E-state index is 5.45. The van der Waals surface area contributed by atoms with Crippen LogP contribution in [0, 0.1) is 0 Å². The summed E-state index contributed by atoms with van der Waals surface area (Å²) in [5, 5.41) is 7.80. The quantitative estimate of drug-likeness (QED) is 0.494. The van der Waals surface area contributed by atoms with Crippen LogP contribution in [0.4, 0.5) is 0 Å². The number of guanidine groups is 1. The molecule has 28 heavy (non-hydrogen) atoms. The van der Waals surface area contributed by atoms with Crippen LogP contribution in [0.3, 0.4) is 0 Å². The Labute approximate surface area is 171 Å². The summed E-state index contributed by atoms with van der Waals surface area (Å²) >= 11 is 1.73. The lowest BCUT2D eigenvalue weighted by Gasteiger charge is -2.26. The van der Waals surface area contributed by atoms with Crippen LogP contribution < -0.4 is 20.1 Å². The van der Waals surface area contributed by atoms with E-state index in [-0.39, 0.29) is 6.04 Å². The first-order chi connectivity index (χ1) is 13.5. The van der Waals surface area contributed by atoms with E-state index in [1.807, 2.05) is 18.3 Å². The van der Waals surface area contributed by atoms with E-state index in [9.17, 15) is 0 Å². The van der Waals surface area contributed by atoms with Gasteiger partial charge in [0.05, 0.1) is 26.8 Å². The molecule has 7 nitrogen and oxygen atoms in total. The van der Waals surface area contributed by atoms with Gasteiger partial charge in [-0.05, 0) is 38.2 Å². The minimum atomic E-state index is 0.143. The number of hydrogen-bond acceptors (Lipinski definition) is 6. The van der Waals surface area contributed by atoms with Crippen LogP contribution in [0.1, 0.15) is 28.4 Å². The van der Waals surface area contributed by atoms with Gasteiger partial charge in [0.25, 0.3) is 0 Å². The maximum Gasteiger partial charge on any atom is 0.191 e. The summed E-state index contributed by atoms with van der Waals surface area (Å²) in [6, 6.07) is 6.16. The van der Waals surface area contributed by atoms with E-state index < -0.39 is 0 Å². The monoisotopic (exact) mass is 405 g/mol. The van der Waals surface area contributed by atoms with Crippen LogP contribution in [0.25, 0.3) is 0 Å². The lowest BCUT2D eigenvalue weighted by Crippen LogP contribution is -2.41. The van der Waals surface area contributed by atoms with Gasteiger partial charge in [-0.25, -0.2) is 4.98 Å². The van der Waals surface area contributed by atoms with Crippen LogP contribution in [0.15, 0.2) is 29.4 Å². The molecule has 0 amide bonds. The third-order valence-electron chi connectivity index (χ3n) is 4.46. The van der Waals surface area contributed by atoms with Crippen molar-refractivity contribution in [2.24, 2.45) is 4.99 Å². The highest BCUT2D eigenvalue weighted by Crippen LogP contribution is 2.31. The summed E-state index contributed by atoms with van der Waals surface area (Å²) in [6.45, 7) is 3.49. The Hall–Kier alpha value is -2.32. The molecule has 1 aromatic heterocycles. The van der Waals surface area contributed by atoms with Gasteiger partial charge in [0.2, 0.25) is 0 Å². The number of aryl methyl sites for hydroxylation is 1. The fourth-order valence-electron chi connectivity index (χ4n) is 2.83. The summed E-state index contributed by atoms with van der Waals surface area (Å²) in [4.78, 5) is 12.2. The van der Waals surface area contributed by atoms with Crippen molar-refractivity contribution in [1.29, 1.82) is 0 Å². The van der Waals surface area contributed by atoms with E-state index in [1.54, 1.807) is 32.6 Å². The predicted molar refractivity (Wildman–Crippen MR) is 116 cm³/mol. The Balaban J connectivity index is 2.01. The molecule has 2 N–H and O–H groups in total. The van der Waals surface area contributed by atoms with Crippen LogP contribution in [-0.2, 0) is 13.0 Å². The summed E-state index contributed by atoms with van der Waals surface area (Å²) in [5.74, 6) is 2.20. The number of rotatable bonds is 9. The van der Waals surface area contributed by atoms with E-state index in [0.717, 1.165) is 34.5 Å². The molecule has 0 fully saturated rings. The fourth-order valence-corrected chi connectivity index (χ4v) is 3.63. The minimum absolute atomic E-state index is 0.143. The lowest BCUT2D eigenvalue weighted by molar-refractivity contribution is 0.295. The standard InChI is InChI=1S/C20H31N5O2S/c1-7-15-11-22-19(28-15)13-24-20(21-2)23-12-16(25(3)4)14-8-9-17(26-5)18(10-14)27-6/h8-11,16H,7,12-13H2,1-6H3,(H2,21,23,24). The normalized spacial score (nSPS) is 12.8. The Morgan fingerprint density at radius 2 is 1.96 bits per heavy atom. The van der Waals surface area contributed by atoms with Gasteiger partial charge in [0.15, 0.2) is 17.5 Å². The summed E-state index contributed by atoms with van der Waals surface area (Å²) in [5.41, 5.74) is 1.14. The zero-order valence-electron chi connectivity index (χ0n) is 17.6. The van der Waals surface area contributed by atoms with E-state index >= 15 is 0 Å². The Morgan fingerprint density at radius 3 is 2.54 bits per heavy atom. The number of nitrogens with zero attached hydrogens (tertiary/aromatic N) is 3.